The lowest BCUT2D eigenvalue weighted by molar-refractivity contribution is 0.0726. The van der Waals surface area contributed by atoms with Gasteiger partial charge in [-0.1, -0.05) is 12.1 Å². The third kappa shape index (κ3) is 3.00. The van der Waals surface area contributed by atoms with Crippen LogP contribution in [-0.2, 0) is 0 Å². The van der Waals surface area contributed by atoms with E-state index in [4.69, 9.17) is 0 Å². The molecule has 0 aromatic heterocycles. The summed E-state index contributed by atoms with van der Waals surface area (Å²) in [5.41, 5.74) is 0.448. The van der Waals surface area contributed by atoms with Crippen LogP contribution in [0.25, 0.3) is 0 Å². The van der Waals surface area contributed by atoms with Crippen LogP contribution in [0.3, 0.4) is 0 Å². The van der Waals surface area contributed by atoms with Crippen LogP contribution in [0.4, 0.5) is 5.69 Å². The second kappa shape index (κ2) is 4.96. The topological polar surface area (TPSA) is 35.5 Å². The lowest BCUT2D eigenvalue weighted by Gasteiger charge is -2.34. The van der Waals surface area contributed by atoms with Crippen molar-refractivity contribution in [2.45, 2.75) is 25.5 Å². The highest BCUT2D eigenvalue weighted by molar-refractivity contribution is 9.10. The van der Waals surface area contributed by atoms with Crippen LogP contribution in [0, 0.1) is 0 Å². The van der Waals surface area contributed by atoms with Crippen LogP contribution in [0.15, 0.2) is 28.7 Å². The predicted molar refractivity (Wildman–Crippen MR) is 74.4 cm³/mol. The summed E-state index contributed by atoms with van der Waals surface area (Å²) in [6.45, 7) is 6.22. The molecule has 4 heteroatoms. The molecule has 2 N–H and O–H groups in total. The van der Waals surface area contributed by atoms with E-state index in [1.807, 2.05) is 25.1 Å². The van der Waals surface area contributed by atoms with Crippen molar-refractivity contribution in [2.75, 3.05) is 24.5 Å². The lowest BCUT2D eigenvalue weighted by atomic mass is 10.1. The van der Waals surface area contributed by atoms with Crippen molar-refractivity contribution >= 4 is 21.6 Å². The largest absolute Gasteiger partial charge is 0.387 e. The second-order valence-electron chi connectivity index (χ2n) is 5.06. The molecule has 1 saturated heterocycles. The quantitative estimate of drug-likeness (QED) is 0.832. The summed E-state index contributed by atoms with van der Waals surface area (Å²) in [6, 6.07) is 8.52. The third-order valence-electron chi connectivity index (χ3n) is 3.15. The van der Waals surface area contributed by atoms with Gasteiger partial charge in [0.2, 0.25) is 0 Å². The Balaban J connectivity index is 2.31. The van der Waals surface area contributed by atoms with Crippen LogP contribution in [0.5, 0.6) is 0 Å². The van der Waals surface area contributed by atoms with Crippen LogP contribution in [0.1, 0.15) is 13.8 Å². The summed E-state index contributed by atoms with van der Waals surface area (Å²) >= 11 is 3.58. The van der Waals surface area contributed by atoms with Crippen molar-refractivity contribution in [3.8, 4) is 0 Å². The highest BCUT2D eigenvalue weighted by Crippen LogP contribution is 2.29. The average molecular weight is 299 g/mol. The zero-order valence-electron chi connectivity index (χ0n) is 10.3. The average Bonchev–Trinajstić information content (AvgIpc) is 2.38. The van der Waals surface area contributed by atoms with Crippen molar-refractivity contribution in [3.05, 3.63) is 28.7 Å². The van der Waals surface area contributed by atoms with Gasteiger partial charge in [-0.3, -0.25) is 0 Å². The highest BCUT2D eigenvalue weighted by atomic mass is 79.9. The van der Waals surface area contributed by atoms with Gasteiger partial charge >= 0.3 is 0 Å². The number of aliphatic hydroxyl groups is 1. The smallest absolute Gasteiger partial charge is 0.0917 e. The molecule has 0 amide bonds. The molecular weight excluding hydrogens is 280 g/mol. The molecule has 1 aliphatic heterocycles. The Kier molecular flexibility index (Phi) is 3.76. The van der Waals surface area contributed by atoms with Crippen LogP contribution in [-0.4, -0.2) is 36.4 Å². The monoisotopic (exact) mass is 298 g/mol. The summed E-state index contributed by atoms with van der Waals surface area (Å²) in [6.07, 6.45) is 0. The molecule has 2 rings (SSSR count). The molecule has 2 atom stereocenters. The fourth-order valence-electron chi connectivity index (χ4n) is 2.25. The fraction of sp³-hybridized carbons (Fsp3) is 0.538. The van der Waals surface area contributed by atoms with Gasteiger partial charge < -0.3 is 15.3 Å². The molecule has 1 fully saturated rings. The normalized spacial score (nSPS) is 30.1. The Labute approximate surface area is 111 Å². The number of rotatable bonds is 1. The number of β-amino-alcohol motifs (C(OH)–C–C–N with tert-alkyl or cyclic N) is 1. The Bertz CT molecular complexity index is 395. The van der Waals surface area contributed by atoms with E-state index in [1.165, 1.54) is 0 Å². The maximum absolute atomic E-state index is 10.3. The summed E-state index contributed by atoms with van der Waals surface area (Å²) in [5.74, 6) is 0. The number of halogens is 1. The number of benzene rings is 1. The van der Waals surface area contributed by atoms with Gasteiger partial charge in [-0.05, 0) is 41.9 Å². The predicted octanol–water partition coefficient (Wildman–Crippen LogP) is 2.00. The molecule has 3 nitrogen and oxygen atoms in total. The Morgan fingerprint density at radius 2 is 2.18 bits per heavy atom. The summed E-state index contributed by atoms with van der Waals surface area (Å²) in [5, 5.41) is 13.6. The van der Waals surface area contributed by atoms with Gasteiger partial charge in [0.05, 0.1) is 11.3 Å². The van der Waals surface area contributed by atoms with E-state index in [0.717, 1.165) is 16.7 Å². The molecular formula is C13H19BrN2O. The fourth-order valence-corrected chi connectivity index (χ4v) is 2.76. The van der Waals surface area contributed by atoms with Crippen LogP contribution in [0.2, 0.25) is 0 Å². The number of hydrogen-bond donors (Lipinski definition) is 2. The standard InChI is InChI=1S/C13H19BrN2O/c1-10-7-15-8-13(2,17)9-16(10)12-6-4-3-5-11(12)14/h3-6,10,15,17H,7-9H2,1-2H3. The zero-order chi connectivity index (χ0) is 12.5. The van der Waals surface area contributed by atoms with Crippen molar-refractivity contribution in [2.24, 2.45) is 0 Å². The molecule has 0 aliphatic carbocycles. The molecule has 1 heterocycles. The van der Waals surface area contributed by atoms with E-state index in [-0.39, 0.29) is 0 Å². The van der Waals surface area contributed by atoms with E-state index in [1.54, 1.807) is 0 Å². The summed E-state index contributed by atoms with van der Waals surface area (Å²) < 4.78 is 1.07. The molecule has 0 bridgehead atoms. The molecule has 0 saturated carbocycles. The molecule has 2 unspecified atom stereocenters. The van der Waals surface area contributed by atoms with E-state index < -0.39 is 5.60 Å². The molecule has 17 heavy (non-hydrogen) atoms. The molecule has 1 aliphatic rings. The Morgan fingerprint density at radius 1 is 1.47 bits per heavy atom. The third-order valence-corrected chi connectivity index (χ3v) is 3.82. The summed E-state index contributed by atoms with van der Waals surface area (Å²) in [4.78, 5) is 2.25. The van der Waals surface area contributed by atoms with Gasteiger partial charge in [0.1, 0.15) is 0 Å². The molecule has 0 spiro atoms. The van der Waals surface area contributed by atoms with Gasteiger partial charge in [-0.25, -0.2) is 0 Å². The lowest BCUT2D eigenvalue weighted by Crippen LogP contribution is -2.45. The maximum atomic E-state index is 10.3. The second-order valence-corrected chi connectivity index (χ2v) is 5.91. The maximum Gasteiger partial charge on any atom is 0.0917 e. The van der Waals surface area contributed by atoms with E-state index in [2.05, 4.69) is 39.1 Å². The number of hydrogen-bond acceptors (Lipinski definition) is 3. The van der Waals surface area contributed by atoms with Crippen molar-refractivity contribution < 1.29 is 5.11 Å². The van der Waals surface area contributed by atoms with Gasteiger partial charge in [0, 0.05) is 30.1 Å². The van der Waals surface area contributed by atoms with Gasteiger partial charge in [0.15, 0.2) is 0 Å². The minimum absolute atomic E-state index is 0.364. The number of anilines is 1. The first kappa shape index (κ1) is 12.9. The first-order valence-electron chi connectivity index (χ1n) is 5.94. The minimum atomic E-state index is -0.694. The molecule has 1 aromatic carbocycles. The van der Waals surface area contributed by atoms with Crippen LogP contribution < -0.4 is 10.2 Å². The van der Waals surface area contributed by atoms with Gasteiger partial charge in [0.25, 0.3) is 0 Å². The van der Waals surface area contributed by atoms with E-state index in [9.17, 15) is 5.11 Å². The molecule has 0 radical (unpaired) electrons. The summed E-state index contributed by atoms with van der Waals surface area (Å²) in [7, 11) is 0. The number of nitrogens with one attached hydrogen (secondary N) is 1. The first-order chi connectivity index (χ1) is 7.99. The van der Waals surface area contributed by atoms with Crippen molar-refractivity contribution in [1.29, 1.82) is 0 Å². The number of para-hydroxylation sites is 1. The van der Waals surface area contributed by atoms with Gasteiger partial charge in [-0.15, -0.1) is 0 Å². The van der Waals surface area contributed by atoms with Crippen molar-refractivity contribution in [3.63, 3.8) is 0 Å². The first-order valence-corrected chi connectivity index (χ1v) is 6.73. The molecule has 1 aromatic rings. The minimum Gasteiger partial charge on any atom is -0.387 e. The molecule has 94 valence electrons. The van der Waals surface area contributed by atoms with E-state index >= 15 is 0 Å². The van der Waals surface area contributed by atoms with Gasteiger partial charge in [-0.2, -0.15) is 0 Å². The van der Waals surface area contributed by atoms with E-state index in [0.29, 0.717) is 19.1 Å². The SMILES string of the molecule is CC1CNCC(C)(O)CN1c1ccccc1Br. The van der Waals surface area contributed by atoms with Crippen LogP contribution >= 0.6 is 15.9 Å². The van der Waals surface area contributed by atoms with Crippen molar-refractivity contribution in [1.82, 2.24) is 5.32 Å². The highest BCUT2D eigenvalue weighted by Gasteiger charge is 2.30. The Morgan fingerprint density at radius 3 is 2.88 bits per heavy atom. The Hall–Kier alpha value is -0.580. The zero-order valence-corrected chi connectivity index (χ0v) is 11.9. The number of nitrogens with zero attached hydrogens (tertiary/aromatic N) is 1.